The van der Waals surface area contributed by atoms with Crippen LogP contribution in [-0.4, -0.2) is 0 Å². The Bertz CT molecular complexity index is 768. The van der Waals surface area contributed by atoms with Gasteiger partial charge in [-0.25, -0.2) is 0 Å². The number of hydrogen-bond acceptors (Lipinski definition) is 0. The van der Waals surface area contributed by atoms with Crippen LogP contribution >= 0.6 is 0 Å². The molecule has 0 nitrogen and oxygen atoms in total. The maximum absolute atomic E-state index is 4.38. The Hall–Kier alpha value is -1.56. The predicted octanol–water partition coefficient (Wildman–Crippen LogP) is 6.95. The highest BCUT2D eigenvalue weighted by atomic mass is 14.6. The van der Waals surface area contributed by atoms with E-state index in [2.05, 4.69) is 71.2 Å². The van der Waals surface area contributed by atoms with Gasteiger partial charge < -0.3 is 0 Å². The molecule has 0 bridgehead atoms. The lowest BCUT2D eigenvalue weighted by atomic mass is 9.50. The molecule has 0 aliphatic heterocycles. The fourth-order valence-electron chi connectivity index (χ4n) is 6.32. The highest BCUT2D eigenvalue weighted by molar-refractivity contribution is 5.52. The Morgan fingerprint density at radius 2 is 2.00 bits per heavy atom. The number of hydrogen-bond donors (Lipinski definition) is 0. The second kappa shape index (κ2) is 5.47. The van der Waals surface area contributed by atoms with Gasteiger partial charge in [-0.2, -0.15) is 0 Å². The van der Waals surface area contributed by atoms with E-state index in [9.17, 15) is 0 Å². The standard InChI is InChI=1S/C25H32/c1-7-17(3)20-8-9-21-19-15-18(4)23-14-16(2)10-12-25(23,6)22(19)11-13-24(20,21)5/h8,10-12,14,18-19,21H,2-3,7,9,13,15H2,1,4-6H3/t18-,19?,21?,24+,25+/m0/s1. The number of allylic oxidation sites excluding steroid dienone is 10. The van der Waals surface area contributed by atoms with Crippen LogP contribution in [0.5, 0.6) is 0 Å². The summed E-state index contributed by atoms with van der Waals surface area (Å²) >= 11 is 0. The summed E-state index contributed by atoms with van der Waals surface area (Å²) in [5.74, 6) is 2.07. The molecule has 4 aliphatic carbocycles. The Morgan fingerprint density at radius 1 is 1.24 bits per heavy atom. The molecule has 0 saturated heterocycles. The van der Waals surface area contributed by atoms with Crippen molar-refractivity contribution in [1.82, 2.24) is 0 Å². The van der Waals surface area contributed by atoms with Crippen LogP contribution in [0.1, 0.15) is 53.4 Å². The Labute approximate surface area is 153 Å². The van der Waals surface area contributed by atoms with Gasteiger partial charge in [-0.3, -0.25) is 0 Å². The first-order valence-electron chi connectivity index (χ1n) is 10.0. The molecule has 0 aromatic heterocycles. The molecular formula is C25H32. The summed E-state index contributed by atoms with van der Waals surface area (Å²) in [5.41, 5.74) is 7.72. The average Bonchev–Trinajstić information content (AvgIpc) is 2.93. The van der Waals surface area contributed by atoms with Gasteiger partial charge in [0.05, 0.1) is 0 Å². The summed E-state index contributed by atoms with van der Waals surface area (Å²) in [5, 5.41) is 0. The lowest BCUT2D eigenvalue weighted by Crippen LogP contribution is -2.44. The lowest BCUT2D eigenvalue weighted by Gasteiger charge is -2.54. The maximum Gasteiger partial charge on any atom is 0.0284 e. The first kappa shape index (κ1) is 16.9. The van der Waals surface area contributed by atoms with E-state index in [1.807, 2.05) is 0 Å². The molecule has 0 aromatic rings. The monoisotopic (exact) mass is 332 g/mol. The zero-order valence-electron chi connectivity index (χ0n) is 16.4. The van der Waals surface area contributed by atoms with Gasteiger partial charge in [0, 0.05) is 5.41 Å². The van der Waals surface area contributed by atoms with Crippen LogP contribution in [0.3, 0.4) is 0 Å². The van der Waals surface area contributed by atoms with Crippen molar-refractivity contribution in [3.05, 3.63) is 71.4 Å². The highest BCUT2D eigenvalue weighted by Crippen LogP contribution is 2.64. The Kier molecular flexibility index (Phi) is 3.69. The molecule has 0 amide bonds. The maximum atomic E-state index is 4.38. The van der Waals surface area contributed by atoms with E-state index in [1.54, 1.807) is 16.7 Å². The minimum Gasteiger partial charge on any atom is -0.0956 e. The van der Waals surface area contributed by atoms with Crippen LogP contribution in [0.25, 0.3) is 0 Å². The highest BCUT2D eigenvalue weighted by Gasteiger charge is 2.54. The molecule has 0 spiro atoms. The van der Waals surface area contributed by atoms with Crippen LogP contribution in [0.4, 0.5) is 0 Å². The Balaban J connectivity index is 1.77. The topological polar surface area (TPSA) is 0 Å². The molecular weight excluding hydrogens is 300 g/mol. The molecule has 1 fully saturated rings. The second-order valence-corrected chi connectivity index (χ2v) is 9.15. The largest absolute Gasteiger partial charge is 0.0956 e. The third-order valence-electron chi connectivity index (χ3n) is 7.76. The molecule has 4 aliphatic rings. The molecule has 25 heavy (non-hydrogen) atoms. The summed E-state index contributed by atoms with van der Waals surface area (Å²) < 4.78 is 0. The van der Waals surface area contributed by atoms with E-state index in [0.29, 0.717) is 17.3 Å². The van der Waals surface area contributed by atoms with E-state index in [4.69, 9.17) is 0 Å². The van der Waals surface area contributed by atoms with E-state index in [1.165, 1.54) is 24.8 Å². The molecule has 132 valence electrons. The van der Waals surface area contributed by atoms with Crippen molar-refractivity contribution in [2.75, 3.05) is 0 Å². The van der Waals surface area contributed by atoms with Crippen molar-refractivity contribution >= 4 is 0 Å². The smallest absolute Gasteiger partial charge is 0.0284 e. The van der Waals surface area contributed by atoms with Crippen molar-refractivity contribution in [2.45, 2.75) is 53.4 Å². The third kappa shape index (κ3) is 2.19. The molecule has 0 radical (unpaired) electrons. The van der Waals surface area contributed by atoms with Gasteiger partial charge in [0.1, 0.15) is 0 Å². The minimum atomic E-state index is 0.107. The van der Waals surface area contributed by atoms with Crippen molar-refractivity contribution in [3.8, 4) is 0 Å². The van der Waals surface area contributed by atoms with Crippen molar-refractivity contribution in [3.63, 3.8) is 0 Å². The fraction of sp³-hybridized carbons (Fsp3) is 0.520. The van der Waals surface area contributed by atoms with Gasteiger partial charge in [0.2, 0.25) is 0 Å². The molecule has 2 unspecified atom stereocenters. The number of fused-ring (bicyclic) bond motifs is 5. The lowest BCUT2D eigenvalue weighted by molar-refractivity contribution is 0.136. The summed E-state index contributed by atoms with van der Waals surface area (Å²) in [6, 6.07) is 0. The van der Waals surface area contributed by atoms with E-state index in [-0.39, 0.29) is 5.41 Å². The van der Waals surface area contributed by atoms with Crippen LogP contribution < -0.4 is 0 Å². The normalized spacial score (nSPS) is 42.0. The second-order valence-electron chi connectivity index (χ2n) is 9.15. The van der Waals surface area contributed by atoms with Gasteiger partial charge in [0.25, 0.3) is 0 Å². The first-order valence-corrected chi connectivity index (χ1v) is 10.0. The van der Waals surface area contributed by atoms with Gasteiger partial charge in [-0.15, -0.1) is 0 Å². The van der Waals surface area contributed by atoms with E-state index < -0.39 is 0 Å². The third-order valence-corrected chi connectivity index (χ3v) is 7.76. The number of rotatable bonds is 2. The van der Waals surface area contributed by atoms with Crippen LogP contribution in [-0.2, 0) is 0 Å². The summed E-state index contributed by atoms with van der Waals surface area (Å²) in [6.45, 7) is 18.2. The quantitative estimate of drug-likeness (QED) is 0.480. The van der Waals surface area contributed by atoms with Crippen molar-refractivity contribution in [1.29, 1.82) is 0 Å². The molecule has 0 aromatic carbocycles. The zero-order valence-corrected chi connectivity index (χ0v) is 16.4. The van der Waals surface area contributed by atoms with Crippen LogP contribution in [0.15, 0.2) is 71.4 Å². The fourth-order valence-corrected chi connectivity index (χ4v) is 6.32. The molecule has 1 saturated carbocycles. The van der Waals surface area contributed by atoms with Crippen LogP contribution in [0, 0.1) is 28.6 Å². The predicted molar refractivity (Wildman–Crippen MR) is 108 cm³/mol. The molecule has 0 heterocycles. The van der Waals surface area contributed by atoms with Crippen molar-refractivity contribution < 1.29 is 0 Å². The van der Waals surface area contributed by atoms with Gasteiger partial charge >= 0.3 is 0 Å². The van der Waals surface area contributed by atoms with E-state index in [0.717, 1.165) is 17.9 Å². The first-order chi connectivity index (χ1) is 11.8. The summed E-state index contributed by atoms with van der Waals surface area (Å²) in [6.07, 6.45) is 16.9. The average molecular weight is 333 g/mol. The minimum absolute atomic E-state index is 0.107. The van der Waals surface area contributed by atoms with Gasteiger partial charge in [-0.1, -0.05) is 81.0 Å². The van der Waals surface area contributed by atoms with Crippen LogP contribution in [0.2, 0.25) is 0 Å². The van der Waals surface area contributed by atoms with Gasteiger partial charge in [-0.05, 0) is 66.9 Å². The summed E-state index contributed by atoms with van der Waals surface area (Å²) in [7, 11) is 0. The van der Waals surface area contributed by atoms with Gasteiger partial charge in [0.15, 0.2) is 0 Å². The summed E-state index contributed by atoms with van der Waals surface area (Å²) in [4.78, 5) is 0. The Morgan fingerprint density at radius 3 is 2.72 bits per heavy atom. The van der Waals surface area contributed by atoms with Crippen molar-refractivity contribution in [2.24, 2.45) is 28.6 Å². The molecule has 0 N–H and O–H groups in total. The zero-order chi connectivity index (χ0) is 18.0. The molecule has 0 heteroatoms. The molecule has 4 rings (SSSR count). The van der Waals surface area contributed by atoms with E-state index >= 15 is 0 Å². The SMILES string of the molecule is C=C1C=C[C@]2(C)C3=CC[C@]4(C)C(C(=C)CC)=CCC4C3C[C@H](C)C2=C1. The molecule has 5 atom stereocenters.